The molecule has 0 fully saturated rings. The van der Waals surface area contributed by atoms with E-state index in [1.807, 2.05) is 68.4 Å². The Hall–Kier alpha value is -4.66. The summed E-state index contributed by atoms with van der Waals surface area (Å²) in [5.41, 5.74) is 4.16. The van der Waals surface area contributed by atoms with Crippen LogP contribution in [0.15, 0.2) is 99.9 Å². The molecule has 7 nitrogen and oxygen atoms in total. The zero-order valence-electron chi connectivity index (χ0n) is 26.0. The normalized spacial score (nSPS) is 14.6. The van der Waals surface area contributed by atoms with E-state index in [1.54, 1.807) is 30.6 Å². The van der Waals surface area contributed by atoms with Gasteiger partial charge in [0.2, 0.25) is 0 Å². The summed E-state index contributed by atoms with van der Waals surface area (Å²) in [6.07, 6.45) is 1.77. The van der Waals surface area contributed by atoms with E-state index in [0.29, 0.717) is 55.9 Å². The number of hydrogen-bond acceptors (Lipinski definition) is 7. The van der Waals surface area contributed by atoms with Crippen molar-refractivity contribution in [2.24, 2.45) is 4.99 Å². The minimum absolute atomic E-state index is 0.214. The molecule has 5 aromatic rings. The van der Waals surface area contributed by atoms with Crippen molar-refractivity contribution >= 4 is 45.8 Å². The van der Waals surface area contributed by atoms with Gasteiger partial charge in [-0.05, 0) is 73.4 Å². The Kier molecular flexibility index (Phi) is 9.10. The average Bonchev–Trinajstić information content (AvgIpc) is 3.34. The molecule has 234 valence electrons. The number of fused-ring (bicyclic) bond motifs is 2. The van der Waals surface area contributed by atoms with Crippen molar-refractivity contribution in [1.29, 1.82) is 0 Å². The first kappa shape index (κ1) is 31.3. The van der Waals surface area contributed by atoms with Gasteiger partial charge in [0.05, 0.1) is 40.1 Å². The van der Waals surface area contributed by atoms with Gasteiger partial charge in [0.15, 0.2) is 16.3 Å². The van der Waals surface area contributed by atoms with Crippen LogP contribution in [0.4, 0.5) is 0 Å². The molecule has 0 N–H and O–H groups in total. The second-order valence-electron chi connectivity index (χ2n) is 10.9. The van der Waals surface area contributed by atoms with Gasteiger partial charge in [-0.2, -0.15) is 0 Å². The summed E-state index contributed by atoms with van der Waals surface area (Å²) >= 11 is 8.05. The third-order valence-corrected chi connectivity index (χ3v) is 9.06. The molecule has 0 unspecified atom stereocenters. The van der Waals surface area contributed by atoms with Crippen molar-refractivity contribution in [1.82, 2.24) is 4.57 Å². The molecule has 0 amide bonds. The Morgan fingerprint density at radius 3 is 2.50 bits per heavy atom. The maximum absolute atomic E-state index is 14.0. The van der Waals surface area contributed by atoms with E-state index >= 15 is 0 Å². The lowest BCUT2D eigenvalue weighted by Crippen LogP contribution is -2.39. The molecule has 1 aliphatic rings. The molecular formula is C37H33ClN2O5S. The Bertz CT molecular complexity index is 2160. The number of allylic oxidation sites excluding steroid dienone is 1. The van der Waals surface area contributed by atoms with Crippen molar-refractivity contribution in [2.75, 3.05) is 13.2 Å². The minimum atomic E-state index is -0.675. The topological polar surface area (TPSA) is 79.1 Å². The number of carbonyl (C=O) groups is 1. The molecule has 1 aromatic heterocycles. The van der Waals surface area contributed by atoms with Crippen LogP contribution in [0.3, 0.4) is 0 Å². The fraction of sp³-hybridized carbons (Fsp3) is 0.216. The highest BCUT2D eigenvalue weighted by atomic mass is 35.5. The standard InChI is InChI=1S/C37H33ClN2O5S/c1-5-43-30-19-24(18-29(38)34(30)45-21-27-12-9-11-25-10-7-8-13-28(25)27)20-31-35(41)40-33(26-16-14-22(3)15-17-26)32(36(42)44-6-2)23(4)39-37(40)46-31/h7-20,33H,5-6,21H2,1-4H3/b31-20+/t33-/m1/s1. The van der Waals surface area contributed by atoms with Gasteiger partial charge in [-0.25, -0.2) is 9.79 Å². The van der Waals surface area contributed by atoms with Gasteiger partial charge in [0.25, 0.3) is 5.56 Å². The van der Waals surface area contributed by atoms with Crippen molar-refractivity contribution in [3.8, 4) is 11.5 Å². The first-order chi connectivity index (χ1) is 22.3. The molecule has 1 aliphatic heterocycles. The molecule has 0 spiro atoms. The van der Waals surface area contributed by atoms with Crippen LogP contribution in [0.25, 0.3) is 16.8 Å². The predicted octanol–water partition coefficient (Wildman–Crippen LogP) is 6.89. The van der Waals surface area contributed by atoms with Gasteiger partial charge in [-0.3, -0.25) is 9.36 Å². The van der Waals surface area contributed by atoms with Crippen molar-refractivity contribution < 1.29 is 19.0 Å². The van der Waals surface area contributed by atoms with Gasteiger partial charge in [0, 0.05) is 0 Å². The summed E-state index contributed by atoms with van der Waals surface area (Å²) < 4.78 is 19.6. The summed E-state index contributed by atoms with van der Waals surface area (Å²) in [6.45, 7) is 8.33. The highest BCUT2D eigenvalue weighted by molar-refractivity contribution is 7.07. The number of esters is 1. The molecule has 2 heterocycles. The zero-order chi connectivity index (χ0) is 32.4. The Balaban J connectivity index is 1.40. The molecule has 4 aromatic carbocycles. The van der Waals surface area contributed by atoms with Crippen molar-refractivity contribution in [3.63, 3.8) is 0 Å². The van der Waals surface area contributed by atoms with Crippen LogP contribution >= 0.6 is 22.9 Å². The fourth-order valence-electron chi connectivity index (χ4n) is 5.65. The number of aryl methyl sites for hydroxylation is 1. The van der Waals surface area contributed by atoms with Gasteiger partial charge in [0.1, 0.15) is 6.61 Å². The Labute approximate surface area is 275 Å². The van der Waals surface area contributed by atoms with E-state index in [4.69, 9.17) is 25.8 Å². The van der Waals surface area contributed by atoms with Crippen LogP contribution in [0.1, 0.15) is 49.1 Å². The van der Waals surface area contributed by atoms with Crippen LogP contribution in [0, 0.1) is 6.92 Å². The summed E-state index contributed by atoms with van der Waals surface area (Å²) in [5, 5.41) is 2.60. The quantitative estimate of drug-likeness (QED) is 0.162. The van der Waals surface area contributed by atoms with Crippen LogP contribution in [-0.2, 0) is 16.1 Å². The molecule has 46 heavy (non-hydrogen) atoms. The lowest BCUT2D eigenvalue weighted by molar-refractivity contribution is -0.139. The first-order valence-corrected chi connectivity index (χ1v) is 16.3. The molecule has 0 bridgehead atoms. The van der Waals surface area contributed by atoms with Gasteiger partial charge < -0.3 is 14.2 Å². The van der Waals surface area contributed by atoms with Crippen LogP contribution < -0.4 is 24.4 Å². The highest BCUT2D eigenvalue weighted by Crippen LogP contribution is 2.38. The number of aromatic nitrogens is 1. The lowest BCUT2D eigenvalue weighted by atomic mass is 9.95. The summed E-state index contributed by atoms with van der Waals surface area (Å²) in [4.78, 5) is 32.4. The number of halogens is 1. The molecule has 0 saturated heterocycles. The van der Waals surface area contributed by atoms with Crippen LogP contribution in [0.5, 0.6) is 11.5 Å². The summed E-state index contributed by atoms with van der Waals surface area (Å²) in [5.74, 6) is 0.423. The molecule has 0 saturated carbocycles. The second-order valence-corrected chi connectivity index (χ2v) is 12.3. The first-order valence-electron chi connectivity index (χ1n) is 15.1. The zero-order valence-corrected chi connectivity index (χ0v) is 27.6. The maximum Gasteiger partial charge on any atom is 0.338 e. The number of nitrogens with zero attached hydrogens (tertiary/aromatic N) is 2. The molecule has 0 radical (unpaired) electrons. The van der Waals surface area contributed by atoms with E-state index in [-0.39, 0.29) is 12.2 Å². The number of thiazole rings is 1. The van der Waals surface area contributed by atoms with E-state index in [9.17, 15) is 9.59 Å². The minimum Gasteiger partial charge on any atom is -0.490 e. The highest BCUT2D eigenvalue weighted by Gasteiger charge is 2.33. The number of hydrogen-bond donors (Lipinski definition) is 0. The number of benzene rings is 4. The van der Waals surface area contributed by atoms with Crippen LogP contribution in [-0.4, -0.2) is 23.8 Å². The number of ether oxygens (including phenoxy) is 3. The Morgan fingerprint density at radius 1 is 0.978 bits per heavy atom. The van der Waals surface area contributed by atoms with Gasteiger partial charge >= 0.3 is 5.97 Å². The monoisotopic (exact) mass is 652 g/mol. The Morgan fingerprint density at radius 2 is 1.74 bits per heavy atom. The SMILES string of the molecule is CCOC(=O)C1=C(C)N=c2s/c(=C/c3cc(Cl)c(OCc4cccc5ccccc45)c(OCC)c3)c(=O)n2[C@@H]1c1ccc(C)cc1. The number of carbonyl (C=O) groups excluding carboxylic acids is 1. The van der Waals surface area contributed by atoms with Gasteiger partial charge in [-0.15, -0.1) is 0 Å². The second kappa shape index (κ2) is 13.4. The molecular weight excluding hydrogens is 620 g/mol. The lowest BCUT2D eigenvalue weighted by Gasteiger charge is -2.24. The smallest absolute Gasteiger partial charge is 0.338 e. The van der Waals surface area contributed by atoms with E-state index in [2.05, 4.69) is 23.2 Å². The fourth-order valence-corrected chi connectivity index (χ4v) is 6.97. The molecule has 1 atom stereocenters. The van der Waals surface area contributed by atoms with E-state index in [1.165, 1.54) is 11.3 Å². The maximum atomic E-state index is 14.0. The van der Waals surface area contributed by atoms with Gasteiger partial charge in [-0.1, -0.05) is 95.2 Å². The third-order valence-electron chi connectivity index (χ3n) is 7.79. The van der Waals surface area contributed by atoms with Crippen molar-refractivity contribution in [2.45, 2.75) is 40.3 Å². The molecule has 9 heteroatoms. The largest absolute Gasteiger partial charge is 0.490 e. The predicted molar refractivity (Wildman–Crippen MR) is 182 cm³/mol. The molecule has 0 aliphatic carbocycles. The summed E-state index contributed by atoms with van der Waals surface area (Å²) in [7, 11) is 0. The number of rotatable bonds is 9. The van der Waals surface area contributed by atoms with E-state index in [0.717, 1.165) is 27.5 Å². The van der Waals surface area contributed by atoms with Crippen molar-refractivity contribution in [3.05, 3.63) is 137 Å². The summed E-state index contributed by atoms with van der Waals surface area (Å²) in [6, 6.07) is 24.9. The third kappa shape index (κ3) is 6.10. The van der Waals surface area contributed by atoms with Crippen LogP contribution in [0.2, 0.25) is 5.02 Å². The molecule has 6 rings (SSSR count). The average molecular weight is 653 g/mol. The van der Waals surface area contributed by atoms with E-state index < -0.39 is 12.0 Å².